The number of halogens is 1. The summed E-state index contributed by atoms with van der Waals surface area (Å²) in [5, 5.41) is 11.5. The molecule has 2 aromatic heterocycles. The minimum atomic E-state index is -0.185. The summed E-state index contributed by atoms with van der Waals surface area (Å²) in [6.07, 6.45) is 1.71. The van der Waals surface area contributed by atoms with Gasteiger partial charge in [-0.15, -0.1) is 11.3 Å². The van der Waals surface area contributed by atoms with E-state index in [1.54, 1.807) is 12.3 Å². The quantitative estimate of drug-likeness (QED) is 0.152. The summed E-state index contributed by atoms with van der Waals surface area (Å²) in [6, 6.07) is 28.8. The van der Waals surface area contributed by atoms with Gasteiger partial charge in [-0.25, -0.2) is 4.98 Å². The van der Waals surface area contributed by atoms with E-state index in [1.165, 1.54) is 25.7 Å². The van der Waals surface area contributed by atoms with Crippen molar-refractivity contribution in [2.24, 2.45) is 5.10 Å². The first kappa shape index (κ1) is 22.2. The molecule has 5 aromatic rings. The molecule has 0 atom stereocenters. The fourth-order valence-corrected chi connectivity index (χ4v) is 4.33. The van der Waals surface area contributed by atoms with Gasteiger partial charge in [0.2, 0.25) is 5.13 Å². The molecule has 0 spiro atoms. The molecule has 0 radical (unpaired) electrons. The smallest absolute Gasteiger partial charge is 0.267 e. The highest BCUT2D eigenvalue weighted by molar-refractivity contribution is 14.1. The first-order valence-electron chi connectivity index (χ1n) is 10.4. The highest BCUT2D eigenvalue weighted by Crippen LogP contribution is 2.25. The van der Waals surface area contributed by atoms with E-state index in [9.17, 15) is 4.79 Å². The molecule has 0 aliphatic rings. The Morgan fingerprint density at radius 2 is 1.59 bits per heavy atom. The lowest BCUT2D eigenvalue weighted by atomic mass is 10.1. The van der Waals surface area contributed by atoms with Crippen molar-refractivity contribution in [1.82, 2.24) is 14.8 Å². The zero-order valence-corrected chi connectivity index (χ0v) is 20.8. The number of aromatic nitrogens is 3. The molecule has 5 rings (SSSR count). The van der Waals surface area contributed by atoms with E-state index in [1.807, 2.05) is 60.0 Å². The Hall–Kier alpha value is -3.63. The molecule has 0 saturated heterocycles. The van der Waals surface area contributed by atoms with E-state index >= 15 is 0 Å². The van der Waals surface area contributed by atoms with Crippen LogP contribution in [0.15, 0.2) is 106 Å². The molecule has 0 bridgehead atoms. The van der Waals surface area contributed by atoms with Crippen molar-refractivity contribution < 1.29 is 0 Å². The number of rotatable bonds is 6. The summed E-state index contributed by atoms with van der Waals surface area (Å²) in [4.78, 5) is 17.0. The summed E-state index contributed by atoms with van der Waals surface area (Å²) >= 11 is 3.79. The number of benzene rings is 3. The molecule has 6 nitrogen and oxygen atoms in total. The van der Waals surface area contributed by atoms with Crippen LogP contribution >= 0.6 is 33.9 Å². The van der Waals surface area contributed by atoms with Gasteiger partial charge in [0.05, 0.1) is 23.3 Å². The molecule has 0 fully saturated rings. The Bertz CT molecular complexity index is 1490. The lowest BCUT2D eigenvalue weighted by Gasteiger charge is -2.07. The van der Waals surface area contributed by atoms with Crippen LogP contribution in [0.3, 0.4) is 0 Å². The van der Waals surface area contributed by atoms with Crippen LogP contribution in [0.25, 0.3) is 28.2 Å². The lowest BCUT2D eigenvalue weighted by Crippen LogP contribution is -2.20. The molecular formula is C26H18IN5OS. The Balaban J connectivity index is 1.28. The van der Waals surface area contributed by atoms with Gasteiger partial charge in [0.15, 0.2) is 0 Å². The van der Waals surface area contributed by atoms with Crippen molar-refractivity contribution in [3.05, 3.63) is 116 Å². The molecule has 3 aromatic carbocycles. The Morgan fingerprint density at radius 1 is 0.853 bits per heavy atom. The third-order valence-electron chi connectivity index (χ3n) is 5.03. The van der Waals surface area contributed by atoms with Gasteiger partial charge in [0.1, 0.15) is 0 Å². The van der Waals surface area contributed by atoms with Gasteiger partial charge in [0.25, 0.3) is 5.56 Å². The fraction of sp³-hybridized carbons (Fsp3) is 0. The third-order valence-corrected chi connectivity index (χ3v) is 6.49. The van der Waals surface area contributed by atoms with Gasteiger partial charge in [-0.05, 0) is 58.5 Å². The molecule has 0 amide bonds. The van der Waals surface area contributed by atoms with E-state index in [0.717, 1.165) is 33.2 Å². The van der Waals surface area contributed by atoms with Gasteiger partial charge >= 0.3 is 0 Å². The van der Waals surface area contributed by atoms with Crippen LogP contribution in [0.5, 0.6) is 0 Å². The molecule has 2 heterocycles. The van der Waals surface area contributed by atoms with Crippen LogP contribution < -0.4 is 11.0 Å². The Kier molecular flexibility index (Phi) is 6.59. The van der Waals surface area contributed by atoms with E-state index in [2.05, 4.69) is 67.5 Å². The summed E-state index contributed by atoms with van der Waals surface area (Å²) in [5.74, 6) is 0. The molecule has 166 valence electrons. The topological polar surface area (TPSA) is 72.2 Å². The number of thiazole rings is 1. The molecule has 34 heavy (non-hydrogen) atoms. The van der Waals surface area contributed by atoms with Gasteiger partial charge in [-0.2, -0.15) is 14.9 Å². The summed E-state index contributed by atoms with van der Waals surface area (Å²) in [6.45, 7) is 0. The van der Waals surface area contributed by atoms with Crippen LogP contribution in [0.1, 0.15) is 5.56 Å². The van der Waals surface area contributed by atoms with Crippen LogP contribution in [0.4, 0.5) is 5.13 Å². The molecule has 8 heteroatoms. The van der Waals surface area contributed by atoms with Crippen molar-refractivity contribution in [2.75, 3.05) is 5.43 Å². The first-order valence-corrected chi connectivity index (χ1v) is 12.4. The molecule has 1 N–H and O–H groups in total. The second-order valence-electron chi connectivity index (χ2n) is 7.34. The molecular weight excluding hydrogens is 557 g/mol. The Labute approximate surface area is 213 Å². The fourth-order valence-electron chi connectivity index (χ4n) is 3.30. The van der Waals surface area contributed by atoms with Crippen molar-refractivity contribution in [3.8, 4) is 28.2 Å². The predicted octanol–water partition coefficient (Wildman–Crippen LogP) is 6.07. The zero-order valence-electron chi connectivity index (χ0n) is 17.8. The number of hydrogen-bond donors (Lipinski definition) is 1. The molecule has 0 aliphatic heterocycles. The van der Waals surface area contributed by atoms with Gasteiger partial charge in [-0.1, -0.05) is 54.6 Å². The average molecular weight is 575 g/mol. The zero-order chi connectivity index (χ0) is 23.3. The summed E-state index contributed by atoms with van der Waals surface area (Å²) < 4.78 is 2.60. The lowest BCUT2D eigenvalue weighted by molar-refractivity contribution is 0.812. The third kappa shape index (κ3) is 5.13. The summed E-state index contributed by atoms with van der Waals surface area (Å²) in [7, 11) is 0. The Morgan fingerprint density at radius 3 is 2.35 bits per heavy atom. The van der Waals surface area contributed by atoms with Crippen LogP contribution in [-0.2, 0) is 0 Å². The van der Waals surface area contributed by atoms with Crippen molar-refractivity contribution in [1.29, 1.82) is 0 Å². The van der Waals surface area contributed by atoms with E-state index in [0.29, 0.717) is 5.69 Å². The number of hydrogen-bond acceptors (Lipinski definition) is 6. The van der Waals surface area contributed by atoms with Crippen molar-refractivity contribution >= 4 is 45.3 Å². The summed E-state index contributed by atoms with van der Waals surface area (Å²) in [5.41, 5.74) is 8.06. The van der Waals surface area contributed by atoms with Crippen molar-refractivity contribution in [2.45, 2.75) is 0 Å². The maximum Gasteiger partial charge on any atom is 0.271 e. The number of anilines is 1. The minimum Gasteiger partial charge on any atom is -0.267 e. The van der Waals surface area contributed by atoms with Crippen LogP contribution in [-0.4, -0.2) is 21.0 Å². The molecule has 0 saturated carbocycles. The minimum absolute atomic E-state index is 0.185. The SMILES string of the molecule is O=c1ccc(-c2ccccc2)nn1-c1ccc(/C=N\Nc2nc(-c3ccc(I)cc3)cs2)cc1. The van der Waals surface area contributed by atoms with Gasteiger partial charge < -0.3 is 0 Å². The first-order chi connectivity index (χ1) is 16.7. The van der Waals surface area contributed by atoms with Crippen LogP contribution in [0, 0.1) is 3.57 Å². The number of hydrazone groups is 1. The maximum absolute atomic E-state index is 12.4. The van der Waals surface area contributed by atoms with E-state index in [4.69, 9.17) is 0 Å². The highest BCUT2D eigenvalue weighted by atomic mass is 127. The standard InChI is InChI=1S/C26H18IN5OS/c27-21-10-8-20(9-11-21)24-17-34-26(29-24)30-28-16-18-6-12-22(13-7-18)32-25(33)15-14-23(31-32)19-4-2-1-3-5-19/h1-17H,(H,29,30)/b28-16-. The average Bonchev–Trinajstić information content (AvgIpc) is 3.35. The maximum atomic E-state index is 12.4. The largest absolute Gasteiger partial charge is 0.271 e. The number of nitrogens with one attached hydrogen (secondary N) is 1. The van der Waals surface area contributed by atoms with Crippen molar-refractivity contribution in [3.63, 3.8) is 0 Å². The predicted molar refractivity (Wildman–Crippen MR) is 147 cm³/mol. The number of nitrogens with zero attached hydrogens (tertiary/aromatic N) is 4. The second-order valence-corrected chi connectivity index (χ2v) is 9.44. The van der Waals surface area contributed by atoms with Gasteiger partial charge in [-0.3, -0.25) is 10.2 Å². The second kappa shape index (κ2) is 10.1. The van der Waals surface area contributed by atoms with Gasteiger partial charge in [0, 0.05) is 26.1 Å². The van der Waals surface area contributed by atoms with E-state index in [-0.39, 0.29) is 5.56 Å². The van der Waals surface area contributed by atoms with Crippen LogP contribution in [0.2, 0.25) is 0 Å². The molecule has 0 aliphatic carbocycles. The monoisotopic (exact) mass is 575 g/mol. The van der Waals surface area contributed by atoms with E-state index < -0.39 is 0 Å². The normalized spacial score (nSPS) is 11.1. The highest BCUT2D eigenvalue weighted by Gasteiger charge is 2.06. The molecule has 0 unspecified atom stereocenters.